The molecule has 1 spiro atoms. The highest BCUT2D eigenvalue weighted by Gasteiger charge is 2.65. The van der Waals surface area contributed by atoms with Crippen LogP contribution in [0.3, 0.4) is 0 Å². The molecule has 1 saturated heterocycles. The van der Waals surface area contributed by atoms with E-state index < -0.39 is 5.41 Å². The zero-order valence-electron chi connectivity index (χ0n) is 11.3. The van der Waals surface area contributed by atoms with Crippen LogP contribution >= 0.6 is 0 Å². The van der Waals surface area contributed by atoms with Crippen LogP contribution in [0, 0.1) is 22.7 Å². The molecule has 0 radical (unpaired) electrons. The molecule has 18 heavy (non-hydrogen) atoms. The Morgan fingerprint density at radius 2 is 2.00 bits per heavy atom. The normalized spacial score (nSPS) is 41.8. The average molecular weight is 248 g/mol. The summed E-state index contributed by atoms with van der Waals surface area (Å²) in [6.07, 6.45) is 4.58. The number of hydrogen-bond acceptors (Lipinski definition) is 3. The van der Waals surface area contributed by atoms with Crippen molar-refractivity contribution in [3.05, 3.63) is 11.6 Å². The van der Waals surface area contributed by atoms with Crippen LogP contribution in [-0.2, 0) is 14.3 Å². The third-order valence-corrected chi connectivity index (χ3v) is 5.30. The molecule has 2 fully saturated rings. The van der Waals surface area contributed by atoms with Gasteiger partial charge >= 0.3 is 5.97 Å². The molecule has 0 amide bonds. The molecule has 1 saturated carbocycles. The molecule has 0 bridgehead atoms. The minimum atomic E-state index is -0.558. The summed E-state index contributed by atoms with van der Waals surface area (Å²) >= 11 is 0. The van der Waals surface area contributed by atoms with E-state index in [9.17, 15) is 9.59 Å². The van der Waals surface area contributed by atoms with Gasteiger partial charge in [0, 0.05) is 11.8 Å². The Bertz CT molecular complexity index is 460. The molecule has 3 atom stereocenters. The van der Waals surface area contributed by atoms with Crippen LogP contribution in [0.1, 0.15) is 40.0 Å². The van der Waals surface area contributed by atoms with Gasteiger partial charge in [-0.05, 0) is 31.3 Å². The van der Waals surface area contributed by atoms with Gasteiger partial charge in [0.25, 0.3) is 0 Å². The van der Waals surface area contributed by atoms with E-state index in [1.165, 1.54) is 0 Å². The van der Waals surface area contributed by atoms with Crippen molar-refractivity contribution in [2.75, 3.05) is 6.61 Å². The molecule has 2 aliphatic carbocycles. The van der Waals surface area contributed by atoms with Crippen LogP contribution in [0.4, 0.5) is 0 Å². The van der Waals surface area contributed by atoms with E-state index in [4.69, 9.17) is 4.74 Å². The zero-order chi connectivity index (χ0) is 13.1. The lowest BCUT2D eigenvalue weighted by molar-refractivity contribution is -0.161. The summed E-state index contributed by atoms with van der Waals surface area (Å²) in [7, 11) is 0. The van der Waals surface area contributed by atoms with Crippen molar-refractivity contribution in [3.63, 3.8) is 0 Å². The van der Waals surface area contributed by atoms with Gasteiger partial charge in [-0.3, -0.25) is 9.59 Å². The molecule has 0 aromatic carbocycles. The Kier molecular flexibility index (Phi) is 2.30. The van der Waals surface area contributed by atoms with Gasteiger partial charge in [0.15, 0.2) is 5.78 Å². The molecule has 0 aromatic heterocycles. The number of allylic oxidation sites excluding steroid dienone is 1. The molecule has 0 unspecified atom stereocenters. The standard InChI is InChI=1S/C15H20O3/c1-9-7-11(16)12-14(2,3)5-4-6-15(12)10(9)8-18-13(15)17/h7,10,12H,4-6,8H2,1-3H3/t10-,12-,15-/m0/s1. The van der Waals surface area contributed by atoms with E-state index in [-0.39, 0.29) is 29.0 Å². The first-order valence-corrected chi connectivity index (χ1v) is 6.79. The molecule has 1 heterocycles. The molecule has 3 rings (SSSR count). The molecular weight excluding hydrogens is 228 g/mol. The fraction of sp³-hybridized carbons (Fsp3) is 0.733. The highest BCUT2D eigenvalue weighted by atomic mass is 16.5. The summed E-state index contributed by atoms with van der Waals surface area (Å²) < 4.78 is 5.34. The van der Waals surface area contributed by atoms with E-state index in [2.05, 4.69) is 13.8 Å². The van der Waals surface area contributed by atoms with E-state index in [1.54, 1.807) is 6.08 Å². The van der Waals surface area contributed by atoms with Crippen molar-refractivity contribution in [1.29, 1.82) is 0 Å². The second kappa shape index (κ2) is 3.46. The predicted molar refractivity (Wildman–Crippen MR) is 66.8 cm³/mol. The van der Waals surface area contributed by atoms with E-state index >= 15 is 0 Å². The molecule has 3 aliphatic rings. The highest BCUT2D eigenvalue weighted by molar-refractivity contribution is 6.00. The number of carbonyl (C=O) groups is 2. The Balaban J connectivity index is 2.20. The van der Waals surface area contributed by atoms with Gasteiger partial charge in [0.05, 0.1) is 12.0 Å². The molecule has 1 aliphatic heterocycles. The van der Waals surface area contributed by atoms with Crippen molar-refractivity contribution in [2.24, 2.45) is 22.7 Å². The summed E-state index contributed by atoms with van der Waals surface area (Å²) in [6.45, 7) is 6.66. The third kappa shape index (κ3) is 1.25. The minimum absolute atomic E-state index is 0.103. The molecule has 3 nitrogen and oxygen atoms in total. The van der Waals surface area contributed by atoms with Gasteiger partial charge in [0.1, 0.15) is 0 Å². The van der Waals surface area contributed by atoms with Crippen LogP contribution in [0.2, 0.25) is 0 Å². The fourth-order valence-electron chi connectivity index (χ4n) is 4.59. The van der Waals surface area contributed by atoms with Crippen LogP contribution < -0.4 is 0 Å². The number of rotatable bonds is 0. The van der Waals surface area contributed by atoms with Gasteiger partial charge in [-0.15, -0.1) is 0 Å². The van der Waals surface area contributed by atoms with Crippen molar-refractivity contribution in [2.45, 2.75) is 40.0 Å². The van der Waals surface area contributed by atoms with Crippen LogP contribution in [0.5, 0.6) is 0 Å². The number of ether oxygens (including phenoxy) is 1. The van der Waals surface area contributed by atoms with Crippen LogP contribution in [0.15, 0.2) is 11.6 Å². The summed E-state index contributed by atoms with van der Waals surface area (Å²) in [5, 5.41) is 0. The van der Waals surface area contributed by atoms with Crippen molar-refractivity contribution >= 4 is 11.8 Å². The molecule has 0 N–H and O–H groups in total. The summed E-state index contributed by atoms with van der Waals surface area (Å²) in [5.41, 5.74) is 0.367. The van der Waals surface area contributed by atoms with E-state index in [0.717, 1.165) is 24.8 Å². The zero-order valence-corrected chi connectivity index (χ0v) is 11.3. The number of esters is 1. The lowest BCUT2D eigenvalue weighted by Gasteiger charge is -2.51. The first-order valence-electron chi connectivity index (χ1n) is 6.79. The van der Waals surface area contributed by atoms with Gasteiger partial charge in [-0.25, -0.2) is 0 Å². The quantitative estimate of drug-likeness (QED) is 0.619. The molecule has 98 valence electrons. The lowest BCUT2D eigenvalue weighted by Crippen LogP contribution is -2.55. The molecule has 3 heteroatoms. The smallest absolute Gasteiger partial charge is 0.313 e. The Morgan fingerprint density at radius 1 is 1.28 bits per heavy atom. The maximum Gasteiger partial charge on any atom is 0.313 e. The van der Waals surface area contributed by atoms with Crippen LogP contribution in [0.25, 0.3) is 0 Å². The van der Waals surface area contributed by atoms with Crippen molar-refractivity contribution < 1.29 is 14.3 Å². The van der Waals surface area contributed by atoms with E-state index in [0.29, 0.717) is 6.61 Å². The maximum atomic E-state index is 12.5. The first-order chi connectivity index (χ1) is 8.39. The maximum absolute atomic E-state index is 12.5. The number of ketones is 1. The molecule has 0 aromatic rings. The Morgan fingerprint density at radius 3 is 2.72 bits per heavy atom. The Labute approximate surface area is 108 Å². The second-order valence-corrected chi connectivity index (χ2v) is 6.76. The van der Waals surface area contributed by atoms with Gasteiger partial charge in [-0.2, -0.15) is 0 Å². The van der Waals surface area contributed by atoms with Gasteiger partial charge < -0.3 is 4.74 Å². The third-order valence-electron chi connectivity index (χ3n) is 5.30. The average Bonchev–Trinajstić information content (AvgIpc) is 2.55. The van der Waals surface area contributed by atoms with Gasteiger partial charge in [-0.1, -0.05) is 25.8 Å². The Hall–Kier alpha value is -1.12. The van der Waals surface area contributed by atoms with E-state index in [1.807, 2.05) is 6.92 Å². The van der Waals surface area contributed by atoms with Crippen molar-refractivity contribution in [1.82, 2.24) is 0 Å². The largest absolute Gasteiger partial charge is 0.465 e. The number of carbonyl (C=O) groups excluding carboxylic acids is 2. The summed E-state index contributed by atoms with van der Waals surface area (Å²) in [6, 6.07) is 0. The fourth-order valence-corrected chi connectivity index (χ4v) is 4.59. The lowest BCUT2D eigenvalue weighted by atomic mass is 9.48. The number of cyclic esters (lactones) is 1. The monoisotopic (exact) mass is 248 g/mol. The van der Waals surface area contributed by atoms with Gasteiger partial charge in [0.2, 0.25) is 0 Å². The summed E-state index contributed by atoms with van der Waals surface area (Å²) in [4.78, 5) is 24.8. The highest BCUT2D eigenvalue weighted by Crippen LogP contribution is 2.61. The minimum Gasteiger partial charge on any atom is -0.465 e. The molecular formula is C15H20O3. The predicted octanol–water partition coefficient (Wildman–Crippen LogP) is 2.50. The number of hydrogen-bond donors (Lipinski definition) is 0. The first kappa shape index (κ1) is 11.9. The second-order valence-electron chi connectivity index (χ2n) is 6.76. The topological polar surface area (TPSA) is 43.4 Å². The SMILES string of the molecule is CC1=CC(=O)[C@H]2C(C)(C)CCC[C@@]23C(=O)OC[C@@H]13. The van der Waals surface area contributed by atoms with Crippen molar-refractivity contribution in [3.8, 4) is 0 Å². The van der Waals surface area contributed by atoms with Crippen LogP contribution in [-0.4, -0.2) is 18.4 Å². The summed E-state index contributed by atoms with van der Waals surface area (Å²) in [5.74, 6) is -0.0758.